The highest BCUT2D eigenvalue weighted by Crippen LogP contribution is 2.53. The molecule has 0 saturated carbocycles. The summed E-state index contributed by atoms with van der Waals surface area (Å²) in [4.78, 5) is 134. The van der Waals surface area contributed by atoms with Gasteiger partial charge in [0.25, 0.3) is 5.91 Å². The van der Waals surface area contributed by atoms with Crippen molar-refractivity contribution in [1.82, 2.24) is 36.4 Å². The molecule has 28 nitrogen and oxygen atoms in total. The van der Waals surface area contributed by atoms with Crippen LogP contribution in [-0.4, -0.2) is 192 Å². The first-order valence-electron chi connectivity index (χ1n) is 28.3. The molecule has 462 valence electrons. The lowest BCUT2D eigenvalue weighted by atomic mass is 9.72. The number of anilines is 1. The summed E-state index contributed by atoms with van der Waals surface area (Å²) in [7, 11) is 2.83. The van der Waals surface area contributed by atoms with Gasteiger partial charge in [0.2, 0.25) is 41.2 Å². The Morgan fingerprint density at radius 3 is 2.23 bits per heavy atom. The third-order valence-electron chi connectivity index (χ3n) is 16.1. The van der Waals surface area contributed by atoms with Gasteiger partial charge in [-0.25, -0.2) is 4.79 Å². The highest BCUT2D eigenvalue weighted by molar-refractivity contribution is 6.31. The molecule has 4 heterocycles. The average Bonchev–Trinajstić information content (AvgIpc) is 2.05. The van der Waals surface area contributed by atoms with Crippen LogP contribution in [-0.2, 0) is 75.0 Å². The van der Waals surface area contributed by atoms with E-state index in [1.807, 2.05) is 0 Å². The van der Waals surface area contributed by atoms with E-state index in [4.69, 9.17) is 33.2 Å². The molecule has 4 saturated heterocycles. The number of phenolic OH excluding ortho intramolecular Hbond substituents is 2. The largest absolute Gasteiger partial charge is 0.507 e. The molecule has 86 heavy (non-hydrogen) atoms. The molecule has 8 amide bonds. The molecule has 6 aliphatic rings. The lowest BCUT2D eigenvalue weighted by molar-refractivity contribution is -0.256. The molecule has 0 spiro atoms. The van der Waals surface area contributed by atoms with E-state index in [9.17, 15) is 63.3 Å². The van der Waals surface area contributed by atoms with Crippen LogP contribution in [0.3, 0.4) is 0 Å². The van der Waals surface area contributed by atoms with Gasteiger partial charge in [-0.2, -0.15) is 0 Å². The van der Waals surface area contributed by atoms with Gasteiger partial charge >= 0.3 is 6.09 Å². The number of nitrogens with zero attached hydrogens (tertiary/aromatic N) is 2. The zero-order chi connectivity index (χ0) is 61.9. The SMILES string of the molecule is COc1cccc2c1C(=O)c1c(O)c3c(c(O)c1C2=O)C[C@@](O)(C(=O)NCCNC(=O)CNC(=O)OCc1ccc(NC(=O)[C@H](C)NC(=O)[C@@H](NC(=O)CCN2C(=O)CCC2=O)C(C)C)cc1)C[C@@H]3O[C@H]1C[C@H]2[C@H](O[C@@H]3[C@@H](OC)OCCN32)[C@H](C)O1. The number of ether oxygens (including phenoxy) is 7. The zero-order valence-electron chi connectivity index (χ0n) is 48.2. The van der Waals surface area contributed by atoms with Gasteiger partial charge in [-0.15, -0.1) is 0 Å². The average molecular weight is 1200 g/mol. The predicted octanol–water partition coefficient (Wildman–Crippen LogP) is 0.432. The monoisotopic (exact) mass is 1200 g/mol. The molecule has 0 radical (unpaired) electrons. The minimum atomic E-state index is -2.38. The number of phenols is 2. The number of nitrogens with one attached hydrogen (secondary N) is 6. The van der Waals surface area contributed by atoms with E-state index in [2.05, 4.69) is 36.8 Å². The van der Waals surface area contributed by atoms with E-state index >= 15 is 0 Å². The Morgan fingerprint density at radius 1 is 0.826 bits per heavy atom. The van der Waals surface area contributed by atoms with Gasteiger partial charge in [0, 0.05) is 100 Å². The number of carbonyl (C=O) groups is 10. The van der Waals surface area contributed by atoms with E-state index < -0.39 is 144 Å². The quantitative estimate of drug-likeness (QED) is 0.0310. The van der Waals surface area contributed by atoms with Crippen LogP contribution in [0.2, 0.25) is 0 Å². The van der Waals surface area contributed by atoms with Crippen LogP contribution < -0.4 is 36.6 Å². The Bertz CT molecular complexity index is 3180. The van der Waals surface area contributed by atoms with Crippen molar-refractivity contribution in [1.29, 1.82) is 0 Å². The Kier molecular flexibility index (Phi) is 19.0. The number of imide groups is 1. The summed E-state index contributed by atoms with van der Waals surface area (Å²) in [6.07, 6.45) is -6.59. The zero-order valence-corrected chi connectivity index (χ0v) is 48.2. The molecule has 0 bridgehead atoms. The predicted molar refractivity (Wildman–Crippen MR) is 296 cm³/mol. The first-order valence-corrected chi connectivity index (χ1v) is 28.3. The number of amides is 8. The van der Waals surface area contributed by atoms with Crippen molar-refractivity contribution in [3.05, 3.63) is 81.4 Å². The molecular weight excluding hydrogens is 1130 g/mol. The minimum Gasteiger partial charge on any atom is -0.507 e. The summed E-state index contributed by atoms with van der Waals surface area (Å²) >= 11 is 0. The Morgan fingerprint density at radius 2 is 1.53 bits per heavy atom. The Labute approximate surface area is 493 Å². The second-order valence-corrected chi connectivity index (χ2v) is 22.1. The van der Waals surface area contributed by atoms with E-state index in [0.29, 0.717) is 24.4 Å². The summed E-state index contributed by atoms with van der Waals surface area (Å²) in [5.41, 5.74) is -3.13. The van der Waals surface area contributed by atoms with Gasteiger partial charge in [0.15, 0.2) is 24.6 Å². The van der Waals surface area contributed by atoms with E-state index in [-0.39, 0.29) is 104 Å². The van der Waals surface area contributed by atoms with Crippen LogP contribution in [0.15, 0.2) is 42.5 Å². The highest BCUT2D eigenvalue weighted by atomic mass is 16.7. The molecule has 10 atom stereocenters. The minimum absolute atomic E-state index is 0.0605. The number of hydrogen-bond acceptors (Lipinski definition) is 21. The number of alkyl carbamates (subject to hydrolysis) is 1. The van der Waals surface area contributed by atoms with Gasteiger partial charge < -0.3 is 80.4 Å². The molecule has 9 N–H and O–H groups in total. The second kappa shape index (κ2) is 26.2. The van der Waals surface area contributed by atoms with Crippen molar-refractivity contribution in [2.45, 2.75) is 134 Å². The van der Waals surface area contributed by atoms with Crippen LogP contribution in [0.25, 0.3) is 0 Å². The van der Waals surface area contributed by atoms with E-state index in [0.717, 1.165) is 4.90 Å². The number of aromatic hydroxyl groups is 2. The number of benzene rings is 3. The fourth-order valence-electron chi connectivity index (χ4n) is 11.6. The molecular formula is C58H70N8O20. The van der Waals surface area contributed by atoms with Crippen molar-refractivity contribution >= 4 is 64.7 Å². The topological polar surface area (TPSA) is 375 Å². The van der Waals surface area contributed by atoms with Crippen LogP contribution >= 0.6 is 0 Å². The van der Waals surface area contributed by atoms with Crippen molar-refractivity contribution in [3.63, 3.8) is 0 Å². The summed E-state index contributed by atoms with van der Waals surface area (Å²) in [5.74, 6) is -7.44. The number of ketones is 2. The molecule has 0 unspecified atom stereocenters. The summed E-state index contributed by atoms with van der Waals surface area (Å²) in [6, 6.07) is 8.25. The van der Waals surface area contributed by atoms with Gasteiger partial charge in [0.05, 0.1) is 49.2 Å². The maximum absolute atomic E-state index is 14.3. The molecule has 28 heteroatoms. The van der Waals surface area contributed by atoms with Crippen molar-refractivity contribution < 1.29 is 96.4 Å². The van der Waals surface area contributed by atoms with Gasteiger partial charge in [-0.3, -0.25) is 53.0 Å². The first-order chi connectivity index (χ1) is 41.0. The number of hydrogen-bond donors (Lipinski definition) is 9. The molecule has 4 fully saturated rings. The second-order valence-electron chi connectivity index (χ2n) is 22.1. The van der Waals surface area contributed by atoms with Gasteiger partial charge in [-0.1, -0.05) is 38.1 Å². The lowest BCUT2D eigenvalue weighted by Crippen LogP contribution is -2.55. The fourth-order valence-corrected chi connectivity index (χ4v) is 11.6. The normalized spacial score (nSPS) is 24.7. The maximum Gasteiger partial charge on any atom is 0.407 e. The number of rotatable bonds is 21. The smallest absolute Gasteiger partial charge is 0.407 e. The highest BCUT2D eigenvalue weighted by Gasteiger charge is 2.55. The fraction of sp³-hybridized carbons (Fsp3) is 0.517. The van der Waals surface area contributed by atoms with Crippen molar-refractivity contribution in [3.8, 4) is 17.2 Å². The van der Waals surface area contributed by atoms with E-state index in [1.54, 1.807) is 32.9 Å². The molecule has 4 aliphatic heterocycles. The number of morpholine rings is 1. The summed E-state index contributed by atoms with van der Waals surface area (Å²) < 4.78 is 41.2. The molecule has 3 aromatic rings. The van der Waals surface area contributed by atoms with Crippen LogP contribution in [0.5, 0.6) is 17.2 Å². The Hall–Kier alpha value is -8.12. The third-order valence-corrected chi connectivity index (χ3v) is 16.1. The van der Waals surface area contributed by atoms with Crippen molar-refractivity contribution in [2.24, 2.45) is 5.92 Å². The number of likely N-dealkylation sites (tertiary alicyclic amines) is 1. The third kappa shape index (κ3) is 13.0. The Balaban J connectivity index is 0.756. The lowest BCUT2D eigenvalue weighted by Gasteiger charge is -2.43. The van der Waals surface area contributed by atoms with Crippen LogP contribution in [0, 0.1) is 5.92 Å². The number of carbonyl (C=O) groups excluding carboxylic acids is 10. The molecule has 9 rings (SSSR count). The molecule has 0 aromatic heterocycles. The molecule has 2 aliphatic carbocycles. The number of methoxy groups -OCH3 is 2. The van der Waals surface area contributed by atoms with Crippen LogP contribution in [0.1, 0.15) is 114 Å². The van der Waals surface area contributed by atoms with E-state index in [1.165, 1.54) is 51.5 Å². The number of aliphatic hydroxyl groups is 1. The first kappa shape index (κ1) is 62.4. The summed E-state index contributed by atoms with van der Waals surface area (Å²) in [6.45, 7) is 6.26. The standard InChI is InChI=1S/C58H70N8O20/c1-27(2)46(64-37(67)16-19-66-39(69)14-15-40(66)70)53(76)62-28(3)52(75)63-31-12-10-30(11-13-31)26-83-57(78)61-25-38(68)59-17-18-60-56(77)58(79)23-33-43(50(74)45-44(48(33)72)47(71)32-8-7-9-35(80-5)42(32)49(45)73)36(24-58)85-41-22-34-51(29(4)84-41)86-54-55(81-6)82-21-20-65(34)54/h7-13,27-29,34,36,41,46,51,54-55,72,74,79H,14-26H2,1-6H3,(H,59,68)(H,60,77)(H,61,78)(H,62,76)(H,63,75)(H,64,67)/t28-,29-,34-,36-,41-,46-,51+,54+,55-,58-/m0/s1. The van der Waals surface area contributed by atoms with Crippen molar-refractivity contribution in [2.75, 3.05) is 58.9 Å². The number of fused-ring (bicyclic) bond motifs is 6. The summed E-state index contributed by atoms with van der Waals surface area (Å²) in [5, 5.41) is 51.7. The maximum atomic E-state index is 14.3. The van der Waals surface area contributed by atoms with Crippen LogP contribution in [0.4, 0.5) is 10.5 Å². The van der Waals surface area contributed by atoms with Gasteiger partial charge in [-0.05, 0) is 43.5 Å². The van der Waals surface area contributed by atoms with Gasteiger partial charge in [0.1, 0.15) is 47.6 Å². The molecule has 3 aromatic carbocycles.